The van der Waals surface area contributed by atoms with E-state index in [0.717, 1.165) is 25.3 Å². The molecule has 2 heterocycles. The van der Waals surface area contributed by atoms with Crippen LogP contribution >= 0.6 is 0 Å². The van der Waals surface area contributed by atoms with E-state index in [0.29, 0.717) is 12.6 Å². The van der Waals surface area contributed by atoms with Crippen LogP contribution in [0.4, 0.5) is 0 Å². The first-order valence-electron chi connectivity index (χ1n) is 7.06. The summed E-state index contributed by atoms with van der Waals surface area (Å²) in [6.07, 6.45) is 6.11. The van der Waals surface area contributed by atoms with Gasteiger partial charge in [0.15, 0.2) is 0 Å². The first-order chi connectivity index (χ1) is 8.75. The number of carbonyl (C=O) groups is 2. The predicted octanol–water partition coefficient (Wildman–Crippen LogP) is -0.134. The maximum absolute atomic E-state index is 12.5. The van der Waals surface area contributed by atoms with Gasteiger partial charge in [-0.05, 0) is 31.6 Å². The first kappa shape index (κ1) is 12.0. The molecule has 1 aliphatic carbocycles. The maximum Gasteiger partial charge on any atom is 0.241 e. The largest absolute Gasteiger partial charge is 0.353 e. The molecule has 0 aromatic heterocycles. The van der Waals surface area contributed by atoms with Crippen LogP contribution in [0.5, 0.6) is 0 Å². The van der Waals surface area contributed by atoms with Gasteiger partial charge >= 0.3 is 0 Å². The molecule has 3 atom stereocenters. The number of piperidine rings is 1. The van der Waals surface area contributed by atoms with Crippen molar-refractivity contribution in [2.45, 2.75) is 44.2 Å². The summed E-state index contributed by atoms with van der Waals surface area (Å²) < 4.78 is 0. The topological polar surface area (TPSA) is 61.4 Å². The lowest BCUT2D eigenvalue weighted by Crippen LogP contribution is -2.61. The number of carbonyl (C=O) groups excluding carboxylic acids is 2. The smallest absolute Gasteiger partial charge is 0.241 e. The van der Waals surface area contributed by atoms with E-state index in [1.54, 1.807) is 0 Å². The lowest BCUT2D eigenvalue weighted by atomic mass is 9.91. The second-order valence-electron chi connectivity index (χ2n) is 5.67. The van der Waals surface area contributed by atoms with E-state index in [1.807, 2.05) is 0 Å². The average molecular weight is 251 g/mol. The molecule has 2 aliphatic heterocycles. The van der Waals surface area contributed by atoms with Crippen LogP contribution < -0.4 is 10.6 Å². The molecule has 0 aromatic rings. The molecular formula is C13H21N3O2. The number of piperazine rings is 1. The Kier molecular flexibility index (Phi) is 3.24. The SMILES string of the molecule is O=C1CNC(C(=O)N2CCCC3CCCC32)CN1. The molecule has 0 radical (unpaired) electrons. The van der Waals surface area contributed by atoms with Gasteiger partial charge in [-0.15, -0.1) is 0 Å². The summed E-state index contributed by atoms with van der Waals surface area (Å²) in [4.78, 5) is 25.7. The molecular weight excluding hydrogens is 230 g/mol. The minimum Gasteiger partial charge on any atom is -0.353 e. The van der Waals surface area contributed by atoms with Crippen LogP contribution in [0.25, 0.3) is 0 Å². The van der Waals surface area contributed by atoms with Crippen molar-refractivity contribution >= 4 is 11.8 Å². The summed E-state index contributed by atoms with van der Waals surface area (Å²) in [5.74, 6) is 0.893. The fraction of sp³-hybridized carbons (Fsp3) is 0.846. The number of rotatable bonds is 1. The van der Waals surface area contributed by atoms with Crippen LogP contribution in [0.2, 0.25) is 0 Å². The molecule has 100 valence electrons. The highest BCUT2D eigenvalue weighted by Gasteiger charge is 2.39. The lowest BCUT2D eigenvalue weighted by molar-refractivity contribution is -0.139. The van der Waals surface area contributed by atoms with Gasteiger partial charge in [0.05, 0.1) is 6.54 Å². The Balaban J connectivity index is 1.66. The zero-order chi connectivity index (χ0) is 12.5. The molecule has 2 N–H and O–H groups in total. The molecule has 5 heteroatoms. The van der Waals surface area contributed by atoms with E-state index in [4.69, 9.17) is 0 Å². The van der Waals surface area contributed by atoms with E-state index in [9.17, 15) is 9.59 Å². The van der Waals surface area contributed by atoms with Gasteiger partial charge in [0.2, 0.25) is 11.8 Å². The standard InChI is InChI=1S/C13H21N3O2/c17-12-8-14-10(7-15-12)13(18)16-6-2-4-9-3-1-5-11(9)16/h9-11,14H,1-8H2,(H,15,17). The van der Waals surface area contributed by atoms with E-state index >= 15 is 0 Å². The second kappa shape index (κ2) is 4.88. The van der Waals surface area contributed by atoms with Crippen molar-refractivity contribution in [2.75, 3.05) is 19.6 Å². The highest BCUT2D eigenvalue weighted by atomic mass is 16.2. The predicted molar refractivity (Wildman–Crippen MR) is 66.9 cm³/mol. The van der Waals surface area contributed by atoms with E-state index in [2.05, 4.69) is 15.5 Å². The zero-order valence-corrected chi connectivity index (χ0v) is 10.7. The quantitative estimate of drug-likeness (QED) is 0.682. The molecule has 3 fully saturated rings. The van der Waals surface area contributed by atoms with Crippen molar-refractivity contribution in [3.05, 3.63) is 0 Å². The van der Waals surface area contributed by atoms with Gasteiger partial charge < -0.3 is 10.2 Å². The fourth-order valence-electron chi connectivity index (χ4n) is 3.67. The van der Waals surface area contributed by atoms with Crippen molar-refractivity contribution in [2.24, 2.45) is 5.92 Å². The third-order valence-electron chi connectivity index (χ3n) is 4.59. The molecule has 5 nitrogen and oxygen atoms in total. The third-order valence-corrected chi connectivity index (χ3v) is 4.59. The minimum atomic E-state index is -0.220. The number of fused-ring (bicyclic) bond motifs is 1. The van der Waals surface area contributed by atoms with E-state index in [-0.39, 0.29) is 24.4 Å². The lowest BCUT2D eigenvalue weighted by Gasteiger charge is -2.40. The van der Waals surface area contributed by atoms with E-state index < -0.39 is 0 Å². The van der Waals surface area contributed by atoms with Gasteiger partial charge in [0, 0.05) is 19.1 Å². The van der Waals surface area contributed by atoms with Crippen LogP contribution in [-0.4, -0.2) is 48.4 Å². The van der Waals surface area contributed by atoms with Crippen LogP contribution in [0, 0.1) is 5.92 Å². The van der Waals surface area contributed by atoms with Crippen molar-refractivity contribution in [1.82, 2.24) is 15.5 Å². The number of hydrogen-bond donors (Lipinski definition) is 2. The summed E-state index contributed by atoms with van der Waals surface area (Å²) in [6, 6.07) is 0.243. The van der Waals surface area contributed by atoms with Gasteiger partial charge in [-0.25, -0.2) is 0 Å². The Labute approximate surface area is 107 Å². The van der Waals surface area contributed by atoms with Crippen LogP contribution in [0.15, 0.2) is 0 Å². The van der Waals surface area contributed by atoms with Crippen molar-refractivity contribution in [3.8, 4) is 0 Å². The van der Waals surface area contributed by atoms with Gasteiger partial charge in [-0.1, -0.05) is 6.42 Å². The molecule has 0 spiro atoms. The summed E-state index contributed by atoms with van der Waals surface area (Å²) in [7, 11) is 0. The minimum absolute atomic E-state index is 0.0172. The Hall–Kier alpha value is -1.10. The highest BCUT2D eigenvalue weighted by Crippen LogP contribution is 2.36. The highest BCUT2D eigenvalue weighted by molar-refractivity contribution is 5.87. The maximum atomic E-state index is 12.5. The monoisotopic (exact) mass is 251 g/mol. The van der Waals surface area contributed by atoms with Crippen molar-refractivity contribution < 1.29 is 9.59 Å². The van der Waals surface area contributed by atoms with Crippen LogP contribution in [-0.2, 0) is 9.59 Å². The summed E-state index contributed by atoms with van der Waals surface area (Å²) >= 11 is 0. The van der Waals surface area contributed by atoms with Crippen molar-refractivity contribution in [1.29, 1.82) is 0 Å². The molecule has 3 aliphatic rings. The molecule has 1 saturated carbocycles. The molecule has 3 unspecified atom stereocenters. The Morgan fingerprint density at radius 1 is 1.22 bits per heavy atom. The number of nitrogens with one attached hydrogen (secondary N) is 2. The third kappa shape index (κ3) is 2.11. The number of likely N-dealkylation sites (tertiary alicyclic amines) is 1. The second-order valence-corrected chi connectivity index (χ2v) is 5.67. The van der Waals surface area contributed by atoms with Crippen LogP contribution in [0.1, 0.15) is 32.1 Å². The van der Waals surface area contributed by atoms with Gasteiger partial charge in [0.25, 0.3) is 0 Å². The summed E-state index contributed by atoms with van der Waals surface area (Å²) in [5, 5.41) is 5.81. The Bertz CT molecular complexity index is 348. The van der Waals surface area contributed by atoms with Gasteiger partial charge in [0.1, 0.15) is 6.04 Å². The fourth-order valence-corrected chi connectivity index (χ4v) is 3.67. The first-order valence-corrected chi connectivity index (χ1v) is 7.06. The average Bonchev–Trinajstić information content (AvgIpc) is 2.87. The molecule has 0 aromatic carbocycles. The molecule has 0 bridgehead atoms. The Morgan fingerprint density at radius 3 is 2.83 bits per heavy atom. The van der Waals surface area contributed by atoms with Gasteiger partial charge in [-0.3, -0.25) is 14.9 Å². The molecule has 18 heavy (non-hydrogen) atoms. The number of nitrogens with zero attached hydrogens (tertiary/aromatic N) is 1. The van der Waals surface area contributed by atoms with E-state index in [1.165, 1.54) is 19.3 Å². The molecule has 2 amide bonds. The summed E-state index contributed by atoms with van der Waals surface area (Å²) in [6.45, 7) is 1.59. The Morgan fingerprint density at radius 2 is 2.06 bits per heavy atom. The van der Waals surface area contributed by atoms with Crippen molar-refractivity contribution in [3.63, 3.8) is 0 Å². The summed E-state index contributed by atoms with van der Waals surface area (Å²) in [5.41, 5.74) is 0. The number of amides is 2. The normalized spacial score (nSPS) is 36.1. The van der Waals surface area contributed by atoms with Gasteiger partial charge in [-0.2, -0.15) is 0 Å². The molecule has 3 rings (SSSR count). The molecule has 2 saturated heterocycles. The van der Waals surface area contributed by atoms with Crippen LogP contribution in [0.3, 0.4) is 0 Å². The zero-order valence-electron chi connectivity index (χ0n) is 10.7. The number of hydrogen-bond acceptors (Lipinski definition) is 3.